The van der Waals surface area contributed by atoms with Crippen molar-refractivity contribution in [2.45, 2.75) is 24.1 Å². The zero-order chi connectivity index (χ0) is 13.1. The van der Waals surface area contributed by atoms with Crippen molar-refractivity contribution in [2.24, 2.45) is 7.05 Å². The maximum Gasteiger partial charge on any atom is 0.0964 e. The minimum Gasteiger partial charge on any atom is -0.270 e. The smallest absolute Gasteiger partial charge is 0.0964 e. The van der Waals surface area contributed by atoms with E-state index in [9.17, 15) is 0 Å². The number of aromatic nitrogens is 3. The first-order valence-electron chi connectivity index (χ1n) is 5.56. The van der Waals surface area contributed by atoms with Crippen LogP contribution in [0.2, 0.25) is 0 Å². The summed E-state index contributed by atoms with van der Waals surface area (Å²) in [6, 6.07) is 4.02. The molecule has 2 rings (SSSR count). The van der Waals surface area contributed by atoms with E-state index in [0.717, 1.165) is 31.8 Å². The lowest BCUT2D eigenvalue weighted by Gasteiger charge is -2.03. The highest BCUT2D eigenvalue weighted by Crippen LogP contribution is 2.28. The van der Waals surface area contributed by atoms with Crippen LogP contribution in [-0.2, 0) is 19.2 Å². The van der Waals surface area contributed by atoms with Crippen LogP contribution in [0.5, 0.6) is 0 Å². The molecule has 2 aromatic rings. The van der Waals surface area contributed by atoms with Gasteiger partial charge >= 0.3 is 0 Å². The van der Waals surface area contributed by atoms with Gasteiger partial charge in [0.1, 0.15) is 0 Å². The minimum absolute atomic E-state index is 0.860. The molecule has 0 radical (unpaired) electrons. The normalized spacial score (nSPS) is 10.9. The number of hydrogen-bond donors (Lipinski definition) is 0. The van der Waals surface area contributed by atoms with Crippen LogP contribution in [0.4, 0.5) is 0 Å². The Balaban J connectivity index is 2.10. The zero-order valence-corrected chi connectivity index (χ0v) is 14.1. The van der Waals surface area contributed by atoms with Gasteiger partial charge in [0.2, 0.25) is 0 Å². The van der Waals surface area contributed by atoms with Gasteiger partial charge in [-0.3, -0.25) is 4.68 Å². The van der Waals surface area contributed by atoms with Gasteiger partial charge in [0.25, 0.3) is 0 Å². The lowest BCUT2D eigenvalue weighted by atomic mass is 10.3. The SMILES string of the molecule is CCc1nn(C)c(CSc2ccc(Br)cn2)c1Br. The Morgan fingerprint density at radius 1 is 1.33 bits per heavy atom. The molecule has 0 aromatic carbocycles. The fraction of sp³-hybridized carbons (Fsp3) is 0.333. The molecule has 0 saturated carbocycles. The molecule has 0 spiro atoms. The second-order valence-corrected chi connectivity index (χ2v) is 6.49. The lowest BCUT2D eigenvalue weighted by molar-refractivity contribution is 0.719. The highest BCUT2D eigenvalue weighted by atomic mass is 79.9. The van der Waals surface area contributed by atoms with E-state index in [2.05, 4.69) is 48.9 Å². The molecule has 2 heterocycles. The van der Waals surface area contributed by atoms with E-state index >= 15 is 0 Å². The molecule has 0 aliphatic carbocycles. The van der Waals surface area contributed by atoms with E-state index in [1.807, 2.05) is 30.1 Å². The summed E-state index contributed by atoms with van der Waals surface area (Å²) in [7, 11) is 1.98. The molecule has 18 heavy (non-hydrogen) atoms. The van der Waals surface area contributed by atoms with Gasteiger partial charge < -0.3 is 0 Å². The van der Waals surface area contributed by atoms with Crippen LogP contribution >= 0.6 is 43.6 Å². The third-order valence-corrected chi connectivity index (χ3v) is 4.90. The van der Waals surface area contributed by atoms with E-state index < -0.39 is 0 Å². The number of aryl methyl sites for hydroxylation is 2. The molecule has 0 bridgehead atoms. The molecule has 0 amide bonds. The number of rotatable bonds is 4. The van der Waals surface area contributed by atoms with Crippen LogP contribution in [0, 0.1) is 0 Å². The first-order chi connectivity index (χ1) is 8.61. The Labute approximate surface area is 128 Å². The highest BCUT2D eigenvalue weighted by Gasteiger charge is 2.12. The van der Waals surface area contributed by atoms with Crippen LogP contribution in [0.3, 0.4) is 0 Å². The van der Waals surface area contributed by atoms with Gasteiger partial charge in [-0.25, -0.2) is 4.98 Å². The highest BCUT2D eigenvalue weighted by molar-refractivity contribution is 9.10. The molecule has 6 heteroatoms. The average molecular weight is 391 g/mol. The molecular weight excluding hydrogens is 378 g/mol. The van der Waals surface area contributed by atoms with Crippen LogP contribution in [-0.4, -0.2) is 14.8 Å². The van der Waals surface area contributed by atoms with Crippen molar-refractivity contribution in [2.75, 3.05) is 0 Å². The summed E-state index contributed by atoms with van der Waals surface area (Å²) in [6.07, 6.45) is 2.76. The van der Waals surface area contributed by atoms with Gasteiger partial charge in [0.15, 0.2) is 0 Å². The number of hydrogen-bond acceptors (Lipinski definition) is 3. The van der Waals surface area contributed by atoms with Crippen LogP contribution in [0.1, 0.15) is 18.3 Å². The predicted octanol–water partition coefficient (Wildman–Crippen LogP) is 4.19. The largest absolute Gasteiger partial charge is 0.270 e. The maximum absolute atomic E-state index is 4.48. The topological polar surface area (TPSA) is 30.7 Å². The van der Waals surface area contributed by atoms with Crippen molar-refractivity contribution in [3.8, 4) is 0 Å². The fourth-order valence-corrected chi connectivity index (χ4v) is 3.65. The Bertz CT molecular complexity index is 537. The van der Waals surface area contributed by atoms with Crippen molar-refractivity contribution in [3.63, 3.8) is 0 Å². The van der Waals surface area contributed by atoms with Gasteiger partial charge in [-0.05, 0) is 50.4 Å². The van der Waals surface area contributed by atoms with E-state index in [4.69, 9.17) is 0 Å². The molecule has 0 aliphatic rings. The number of halogens is 2. The van der Waals surface area contributed by atoms with Gasteiger partial charge in [0.05, 0.1) is 20.9 Å². The van der Waals surface area contributed by atoms with Crippen LogP contribution in [0.25, 0.3) is 0 Å². The summed E-state index contributed by atoms with van der Waals surface area (Å²) < 4.78 is 4.06. The molecule has 0 saturated heterocycles. The molecule has 3 nitrogen and oxygen atoms in total. The maximum atomic E-state index is 4.48. The molecule has 0 atom stereocenters. The average Bonchev–Trinajstić information content (AvgIpc) is 2.64. The van der Waals surface area contributed by atoms with Gasteiger partial charge in [-0.15, -0.1) is 11.8 Å². The van der Waals surface area contributed by atoms with E-state index in [1.165, 1.54) is 5.69 Å². The van der Waals surface area contributed by atoms with E-state index in [0.29, 0.717) is 0 Å². The molecule has 0 N–H and O–H groups in total. The molecule has 2 aromatic heterocycles. The summed E-state index contributed by atoms with van der Waals surface area (Å²) in [5.41, 5.74) is 2.30. The molecule has 0 fully saturated rings. The number of nitrogens with zero attached hydrogens (tertiary/aromatic N) is 3. The summed E-state index contributed by atoms with van der Waals surface area (Å²) in [4.78, 5) is 4.35. The van der Waals surface area contributed by atoms with E-state index in [1.54, 1.807) is 11.8 Å². The Morgan fingerprint density at radius 2 is 2.11 bits per heavy atom. The molecular formula is C12H13Br2N3S. The minimum atomic E-state index is 0.860. The van der Waals surface area contributed by atoms with Crippen molar-refractivity contribution in [1.29, 1.82) is 0 Å². The Hall–Kier alpha value is -0.330. The standard InChI is InChI=1S/C12H13Br2N3S/c1-3-9-12(14)10(17(2)16-9)7-18-11-5-4-8(13)6-15-11/h4-6H,3,7H2,1-2H3. The number of pyridine rings is 1. The Morgan fingerprint density at radius 3 is 2.67 bits per heavy atom. The fourth-order valence-electron chi connectivity index (χ4n) is 1.57. The third-order valence-electron chi connectivity index (χ3n) is 2.56. The van der Waals surface area contributed by atoms with E-state index in [-0.39, 0.29) is 0 Å². The quantitative estimate of drug-likeness (QED) is 0.733. The zero-order valence-electron chi connectivity index (χ0n) is 10.2. The summed E-state index contributed by atoms with van der Waals surface area (Å²) in [5.74, 6) is 0.860. The van der Waals surface area contributed by atoms with Gasteiger partial charge in [0, 0.05) is 23.5 Å². The molecule has 96 valence electrons. The van der Waals surface area contributed by atoms with Crippen molar-refractivity contribution in [1.82, 2.24) is 14.8 Å². The van der Waals surface area contributed by atoms with Crippen molar-refractivity contribution < 1.29 is 0 Å². The van der Waals surface area contributed by atoms with Crippen molar-refractivity contribution in [3.05, 3.63) is 38.7 Å². The summed E-state index contributed by atoms with van der Waals surface area (Å²) in [6.45, 7) is 2.11. The van der Waals surface area contributed by atoms with Crippen molar-refractivity contribution >= 4 is 43.6 Å². The van der Waals surface area contributed by atoms with Crippen LogP contribution in [0.15, 0.2) is 32.3 Å². The first kappa shape index (κ1) is 14.1. The van der Waals surface area contributed by atoms with Crippen LogP contribution < -0.4 is 0 Å². The predicted molar refractivity (Wildman–Crippen MR) is 81.8 cm³/mol. The second-order valence-electron chi connectivity index (χ2n) is 3.79. The molecule has 0 unspecified atom stereocenters. The second kappa shape index (κ2) is 6.21. The molecule has 0 aliphatic heterocycles. The summed E-state index contributed by atoms with van der Waals surface area (Å²) in [5, 5.41) is 5.50. The first-order valence-corrected chi connectivity index (χ1v) is 8.13. The third kappa shape index (κ3) is 3.16. The van der Waals surface area contributed by atoms with Gasteiger partial charge in [-0.2, -0.15) is 5.10 Å². The summed E-state index contributed by atoms with van der Waals surface area (Å²) >= 11 is 8.72. The monoisotopic (exact) mass is 389 g/mol. The van der Waals surface area contributed by atoms with Gasteiger partial charge in [-0.1, -0.05) is 6.92 Å². The lowest BCUT2D eigenvalue weighted by Crippen LogP contribution is -1.97. The Kier molecular flexibility index (Phi) is 4.86. The number of thioether (sulfide) groups is 1.